The largest absolute Gasteiger partial charge is 0.459 e. The van der Waals surface area contributed by atoms with Gasteiger partial charge in [0.15, 0.2) is 6.10 Å². The van der Waals surface area contributed by atoms with Gasteiger partial charge in [-0.2, -0.15) is 0 Å². The van der Waals surface area contributed by atoms with Crippen LogP contribution in [-0.2, 0) is 36.9 Å². The van der Waals surface area contributed by atoms with Gasteiger partial charge >= 0.3 is 11.9 Å². The van der Waals surface area contributed by atoms with Gasteiger partial charge in [0, 0.05) is 0 Å². The van der Waals surface area contributed by atoms with Crippen LogP contribution in [0.25, 0.3) is 0 Å². The Bertz CT molecular complexity index is 1400. The molecule has 7 nitrogen and oxygen atoms in total. The number of hydrogen-bond acceptors (Lipinski definition) is 7. The first-order valence-corrected chi connectivity index (χ1v) is 14.0. The van der Waals surface area contributed by atoms with Crippen molar-refractivity contribution < 1.29 is 33.3 Å². The molecular formula is C35H34O7. The highest BCUT2D eigenvalue weighted by atomic mass is 16.6. The normalized spacial score (nSPS) is 21.8. The summed E-state index contributed by atoms with van der Waals surface area (Å²) >= 11 is 0. The first-order chi connectivity index (χ1) is 20.6. The van der Waals surface area contributed by atoms with Crippen LogP contribution in [0.1, 0.15) is 38.8 Å². The van der Waals surface area contributed by atoms with Crippen molar-refractivity contribution >= 4 is 11.9 Å². The van der Waals surface area contributed by atoms with Crippen LogP contribution < -0.4 is 0 Å². The van der Waals surface area contributed by atoms with E-state index in [1.165, 1.54) is 0 Å². The van der Waals surface area contributed by atoms with Crippen LogP contribution in [0.2, 0.25) is 0 Å². The van der Waals surface area contributed by atoms with E-state index in [0.717, 1.165) is 11.1 Å². The maximum absolute atomic E-state index is 13.4. The zero-order chi connectivity index (χ0) is 29.1. The minimum atomic E-state index is -0.852. The second kappa shape index (κ2) is 14.5. The molecule has 5 rings (SSSR count). The van der Waals surface area contributed by atoms with Crippen LogP contribution in [-0.4, -0.2) is 49.1 Å². The van der Waals surface area contributed by atoms with Crippen LogP contribution in [0.3, 0.4) is 0 Å². The molecular weight excluding hydrogens is 532 g/mol. The van der Waals surface area contributed by atoms with E-state index >= 15 is 0 Å². The summed E-state index contributed by atoms with van der Waals surface area (Å²) in [5.74, 6) is -0.981. The van der Waals surface area contributed by atoms with Gasteiger partial charge in [-0.3, -0.25) is 0 Å². The molecule has 4 aromatic carbocycles. The van der Waals surface area contributed by atoms with Crippen molar-refractivity contribution in [2.45, 2.75) is 50.7 Å². The van der Waals surface area contributed by atoms with E-state index in [4.69, 9.17) is 23.7 Å². The Labute approximate surface area is 246 Å². The predicted molar refractivity (Wildman–Crippen MR) is 157 cm³/mol. The van der Waals surface area contributed by atoms with Gasteiger partial charge in [0.25, 0.3) is 0 Å². The lowest BCUT2D eigenvalue weighted by molar-refractivity contribution is -0.252. The number of carbonyl (C=O) groups excluding carboxylic acids is 2. The van der Waals surface area contributed by atoms with Crippen LogP contribution in [0.4, 0.5) is 0 Å². The van der Waals surface area contributed by atoms with E-state index in [1.54, 1.807) is 48.5 Å². The number of hydrogen-bond donors (Lipinski definition) is 0. The van der Waals surface area contributed by atoms with E-state index in [-0.39, 0.29) is 19.8 Å². The summed E-state index contributed by atoms with van der Waals surface area (Å²) in [4.78, 5) is 26.2. The highest BCUT2D eigenvalue weighted by Crippen LogP contribution is 2.31. The van der Waals surface area contributed by atoms with Crippen LogP contribution in [0, 0.1) is 0 Å². The fourth-order valence-electron chi connectivity index (χ4n) is 4.91. The molecule has 0 bridgehead atoms. The van der Waals surface area contributed by atoms with Gasteiger partial charge in [-0.05, 0) is 42.3 Å². The minimum absolute atomic E-state index is 0.0949. The smallest absolute Gasteiger partial charge is 0.338 e. The molecule has 0 aromatic heterocycles. The Morgan fingerprint density at radius 1 is 0.595 bits per heavy atom. The summed E-state index contributed by atoms with van der Waals surface area (Å²) in [7, 11) is 0. The lowest BCUT2D eigenvalue weighted by atomic mass is 9.94. The average Bonchev–Trinajstić information content (AvgIpc) is 3.04. The van der Waals surface area contributed by atoms with Crippen molar-refractivity contribution in [3.05, 3.63) is 144 Å². The summed E-state index contributed by atoms with van der Waals surface area (Å²) in [6.45, 7) is 2.29. The highest BCUT2D eigenvalue weighted by Gasteiger charge is 2.48. The number of rotatable bonds is 11. The van der Waals surface area contributed by atoms with E-state index in [9.17, 15) is 9.59 Å². The van der Waals surface area contributed by atoms with Crippen molar-refractivity contribution in [3.8, 4) is 0 Å². The molecule has 0 radical (unpaired) electrons. The van der Waals surface area contributed by atoms with Crippen molar-refractivity contribution in [3.63, 3.8) is 0 Å². The Morgan fingerprint density at radius 3 is 1.57 bits per heavy atom. The lowest BCUT2D eigenvalue weighted by Gasteiger charge is -2.44. The second-order valence-corrected chi connectivity index (χ2v) is 10.1. The van der Waals surface area contributed by atoms with Gasteiger partial charge in [-0.25, -0.2) is 9.59 Å². The number of carbonyl (C=O) groups is 2. The SMILES string of the molecule is C[C@@H]1OC(COC(=O)c2ccccc2)[C@H](OCc2ccccc2)[C@H](OC(=O)c2ccccc2)C1OCc1ccccc1. The summed E-state index contributed by atoms with van der Waals surface area (Å²) < 4.78 is 31.0. The minimum Gasteiger partial charge on any atom is -0.459 e. The fourth-order valence-corrected chi connectivity index (χ4v) is 4.91. The molecule has 4 aromatic rings. The number of esters is 2. The highest BCUT2D eigenvalue weighted by molar-refractivity contribution is 5.90. The summed E-state index contributed by atoms with van der Waals surface area (Å²) in [6, 6.07) is 37.0. The van der Waals surface area contributed by atoms with Gasteiger partial charge in [0.05, 0.1) is 30.4 Å². The van der Waals surface area contributed by atoms with Crippen molar-refractivity contribution in [1.82, 2.24) is 0 Å². The van der Waals surface area contributed by atoms with E-state index in [1.807, 2.05) is 79.7 Å². The van der Waals surface area contributed by atoms with Crippen LogP contribution in [0.15, 0.2) is 121 Å². The Balaban J connectivity index is 1.41. The van der Waals surface area contributed by atoms with Crippen molar-refractivity contribution in [1.29, 1.82) is 0 Å². The summed E-state index contributed by atoms with van der Waals surface area (Å²) in [5, 5.41) is 0. The second-order valence-electron chi connectivity index (χ2n) is 10.1. The quantitative estimate of drug-likeness (QED) is 0.205. The van der Waals surface area contributed by atoms with Gasteiger partial charge in [-0.15, -0.1) is 0 Å². The maximum atomic E-state index is 13.4. The Morgan fingerprint density at radius 2 is 1.05 bits per heavy atom. The van der Waals surface area contributed by atoms with Crippen LogP contribution >= 0.6 is 0 Å². The number of benzene rings is 4. The molecule has 0 amide bonds. The Hall–Kier alpha value is -4.30. The third-order valence-corrected chi connectivity index (χ3v) is 7.08. The van der Waals surface area contributed by atoms with Gasteiger partial charge in [0.2, 0.25) is 0 Å². The maximum Gasteiger partial charge on any atom is 0.338 e. The number of ether oxygens (including phenoxy) is 5. The topological polar surface area (TPSA) is 80.3 Å². The van der Waals surface area contributed by atoms with Gasteiger partial charge < -0.3 is 23.7 Å². The zero-order valence-electron chi connectivity index (χ0n) is 23.4. The Kier molecular flexibility index (Phi) is 10.1. The molecule has 42 heavy (non-hydrogen) atoms. The first kappa shape index (κ1) is 29.2. The first-order valence-electron chi connectivity index (χ1n) is 14.0. The molecule has 0 spiro atoms. The molecule has 0 aliphatic carbocycles. The van der Waals surface area contributed by atoms with E-state index < -0.39 is 42.5 Å². The monoisotopic (exact) mass is 566 g/mol. The molecule has 0 N–H and O–H groups in total. The zero-order valence-corrected chi connectivity index (χ0v) is 23.4. The summed E-state index contributed by atoms with van der Waals surface area (Å²) in [6.07, 6.45) is -3.52. The molecule has 5 atom stereocenters. The fraction of sp³-hybridized carbons (Fsp3) is 0.257. The predicted octanol–water partition coefficient (Wildman–Crippen LogP) is 6.03. The van der Waals surface area contributed by atoms with Crippen LogP contribution in [0.5, 0.6) is 0 Å². The standard InChI is InChI=1S/C35H34O7/c1-25-31(38-22-26-14-6-2-7-15-26)33(42-35(37)29-20-12-5-13-21-29)32(39-23-27-16-8-3-9-17-27)30(41-25)24-40-34(36)28-18-10-4-11-19-28/h2-21,25,30-33H,22-24H2,1H3/t25-,30?,31?,32-,33+/m0/s1. The average molecular weight is 567 g/mol. The molecule has 2 unspecified atom stereocenters. The molecule has 1 aliphatic rings. The molecule has 7 heteroatoms. The van der Waals surface area contributed by atoms with Crippen molar-refractivity contribution in [2.24, 2.45) is 0 Å². The lowest BCUT2D eigenvalue weighted by Crippen LogP contribution is -2.61. The van der Waals surface area contributed by atoms with Gasteiger partial charge in [0.1, 0.15) is 24.9 Å². The van der Waals surface area contributed by atoms with Gasteiger partial charge in [-0.1, -0.05) is 97.1 Å². The summed E-state index contributed by atoms with van der Waals surface area (Å²) in [5.41, 5.74) is 2.75. The van der Waals surface area contributed by atoms with Crippen molar-refractivity contribution in [2.75, 3.05) is 6.61 Å². The third-order valence-electron chi connectivity index (χ3n) is 7.08. The molecule has 1 saturated heterocycles. The van der Waals surface area contributed by atoms with E-state index in [2.05, 4.69) is 0 Å². The molecule has 1 heterocycles. The third kappa shape index (κ3) is 7.70. The molecule has 216 valence electrons. The molecule has 0 saturated carbocycles. The van der Waals surface area contributed by atoms with E-state index in [0.29, 0.717) is 11.1 Å². The molecule has 1 aliphatic heterocycles. The molecule has 1 fully saturated rings.